The Morgan fingerprint density at radius 1 is 0.550 bits per heavy atom. The molecule has 1 aliphatic heterocycles. The molecule has 1 heterocycles. The molecule has 0 atom stereocenters. The molecule has 4 aliphatic carbocycles. The number of hydrogen-bond acceptors (Lipinski definition) is 1. The van der Waals surface area contributed by atoms with Crippen LogP contribution in [0.4, 0.5) is 0 Å². The summed E-state index contributed by atoms with van der Waals surface area (Å²) in [6.45, 7) is 0. The van der Waals surface area contributed by atoms with E-state index in [0.29, 0.717) is 9.49 Å². The van der Waals surface area contributed by atoms with Crippen LogP contribution in [0.15, 0.2) is 0 Å². The Kier molecular flexibility index (Phi) is 2.61. The van der Waals surface area contributed by atoms with Gasteiger partial charge in [-0.2, -0.15) is 0 Å². The summed E-state index contributed by atoms with van der Waals surface area (Å²) in [6.07, 6.45) is 17.0. The predicted molar refractivity (Wildman–Crippen MR) is 83.0 cm³/mol. The lowest BCUT2D eigenvalue weighted by atomic mass is 9.51. The highest BCUT2D eigenvalue weighted by molar-refractivity contribution is 7.96. The van der Waals surface area contributed by atoms with E-state index in [4.69, 9.17) is 0 Å². The highest BCUT2D eigenvalue weighted by atomic mass is 32.2. The van der Waals surface area contributed by atoms with E-state index in [1.807, 2.05) is 0 Å². The van der Waals surface area contributed by atoms with Gasteiger partial charge in [-0.1, -0.05) is 25.7 Å². The third-order valence-electron chi connectivity index (χ3n) is 8.03. The zero-order valence-corrected chi connectivity index (χ0v) is 13.4. The van der Waals surface area contributed by atoms with E-state index in [-0.39, 0.29) is 0 Å². The topological polar surface area (TPSA) is 17.1 Å². The highest BCUT2D eigenvalue weighted by Crippen LogP contribution is 2.77. The summed E-state index contributed by atoms with van der Waals surface area (Å²) in [5, 5.41) is 0. The van der Waals surface area contributed by atoms with Gasteiger partial charge in [0.25, 0.3) is 0 Å². The van der Waals surface area contributed by atoms with Gasteiger partial charge in [0.05, 0.1) is 9.49 Å². The lowest BCUT2D eigenvalue weighted by Crippen LogP contribution is -2.53. The van der Waals surface area contributed by atoms with E-state index in [2.05, 4.69) is 0 Å². The Bertz CT molecular complexity index is 372. The Labute approximate surface area is 125 Å². The first-order chi connectivity index (χ1) is 9.83. The van der Waals surface area contributed by atoms with Crippen LogP contribution in [-0.4, -0.2) is 13.7 Å². The fourth-order valence-electron chi connectivity index (χ4n) is 7.65. The standard InChI is InChI=1S/C18H28OS/c19-20-17(13-5-1-6-14(17)8-2-7-13)18(20)15-9-3-10-16(18)12-4-11-15/h13-16H,1-12H2. The molecule has 1 nitrogen and oxygen atoms in total. The summed E-state index contributed by atoms with van der Waals surface area (Å²) in [7, 11) is -0.469. The zero-order valence-electron chi connectivity index (χ0n) is 12.6. The van der Waals surface area contributed by atoms with Gasteiger partial charge in [0.1, 0.15) is 0 Å². The van der Waals surface area contributed by atoms with Crippen molar-refractivity contribution >= 4 is 10.8 Å². The van der Waals surface area contributed by atoms with Crippen molar-refractivity contribution in [1.29, 1.82) is 0 Å². The van der Waals surface area contributed by atoms with Crippen LogP contribution >= 0.6 is 0 Å². The van der Waals surface area contributed by atoms with Gasteiger partial charge in [0.15, 0.2) is 0 Å². The maximum atomic E-state index is 13.5. The molecular weight excluding hydrogens is 264 g/mol. The fraction of sp³-hybridized carbons (Fsp3) is 1.00. The molecule has 5 aliphatic rings. The van der Waals surface area contributed by atoms with Crippen molar-refractivity contribution in [1.82, 2.24) is 0 Å². The van der Waals surface area contributed by atoms with Crippen LogP contribution in [-0.2, 0) is 10.8 Å². The summed E-state index contributed by atoms with van der Waals surface area (Å²) in [5.41, 5.74) is 0. The van der Waals surface area contributed by atoms with Gasteiger partial charge in [0, 0.05) is 10.8 Å². The molecule has 0 amide bonds. The lowest BCUT2D eigenvalue weighted by molar-refractivity contribution is 0.0411. The normalized spacial score (nSPS) is 60.7. The summed E-state index contributed by atoms with van der Waals surface area (Å²) >= 11 is 0. The molecule has 0 aromatic rings. The zero-order chi connectivity index (χ0) is 13.4. The van der Waals surface area contributed by atoms with E-state index in [1.165, 1.54) is 77.0 Å². The second-order valence-electron chi connectivity index (χ2n) is 8.37. The van der Waals surface area contributed by atoms with Gasteiger partial charge in [-0.3, -0.25) is 4.21 Å². The molecular formula is C18H28OS. The van der Waals surface area contributed by atoms with Crippen molar-refractivity contribution in [2.45, 2.75) is 86.5 Å². The largest absolute Gasteiger partial charge is 0.258 e. The second-order valence-corrected chi connectivity index (χ2v) is 10.3. The number of hydrogen-bond donors (Lipinski definition) is 0. The third kappa shape index (κ3) is 1.18. The SMILES string of the molecule is O=S1C2(C3CCCC2CCC3)C12C1CCCC2CCC1. The monoisotopic (exact) mass is 292 g/mol. The van der Waals surface area contributed by atoms with Crippen molar-refractivity contribution in [3.8, 4) is 0 Å². The van der Waals surface area contributed by atoms with Crippen LogP contribution in [0.2, 0.25) is 0 Å². The first-order valence-electron chi connectivity index (χ1n) is 9.25. The van der Waals surface area contributed by atoms with E-state index in [1.54, 1.807) is 0 Å². The average Bonchev–Trinajstić information content (AvgIpc) is 2.90. The number of rotatable bonds is 0. The summed E-state index contributed by atoms with van der Waals surface area (Å²) in [5.74, 6) is 3.38. The minimum atomic E-state index is -0.469. The van der Waals surface area contributed by atoms with Gasteiger partial charge < -0.3 is 0 Å². The molecule has 0 unspecified atom stereocenters. The smallest absolute Gasteiger partial charge is 0.0698 e. The maximum absolute atomic E-state index is 13.5. The molecule has 0 radical (unpaired) electrons. The van der Waals surface area contributed by atoms with Crippen LogP contribution in [0.3, 0.4) is 0 Å². The summed E-state index contributed by atoms with van der Waals surface area (Å²) in [6, 6.07) is 0. The molecule has 4 bridgehead atoms. The molecule has 0 aromatic carbocycles. The van der Waals surface area contributed by atoms with Crippen LogP contribution in [0.25, 0.3) is 0 Å². The van der Waals surface area contributed by atoms with E-state index < -0.39 is 10.8 Å². The van der Waals surface area contributed by atoms with Crippen LogP contribution in [0.5, 0.6) is 0 Å². The Hall–Kier alpha value is 0.150. The quantitative estimate of drug-likeness (QED) is 0.604. The minimum absolute atomic E-state index is 0.333. The molecule has 20 heavy (non-hydrogen) atoms. The molecule has 0 aromatic heterocycles. The highest BCUT2D eigenvalue weighted by Gasteiger charge is 2.86. The van der Waals surface area contributed by atoms with Gasteiger partial charge in [-0.05, 0) is 75.0 Å². The maximum Gasteiger partial charge on any atom is 0.0698 e. The lowest BCUT2D eigenvalue weighted by Gasteiger charge is -2.51. The molecule has 2 spiro atoms. The Morgan fingerprint density at radius 2 is 0.800 bits per heavy atom. The van der Waals surface area contributed by atoms with Crippen LogP contribution < -0.4 is 0 Å². The van der Waals surface area contributed by atoms with Gasteiger partial charge in [-0.15, -0.1) is 0 Å². The summed E-state index contributed by atoms with van der Waals surface area (Å²) < 4.78 is 14.2. The average molecular weight is 292 g/mol. The first kappa shape index (κ1) is 12.7. The van der Waals surface area contributed by atoms with E-state index >= 15 is 0 Å². The van der Waals surface area contributed by atoms with E-state index in [9.17, 15) is 4.21 Å². The third-order valence-corrected chi connectivity index (χ3v) is 11.1. The Morgan fingerprint density at radius 3 is 1.05 bits per heavy atom. The van der Waals surface area contributed by atoms with Crippen molar-refractivity contribution in [3.63, 3.8) is 0 Å². The van der Waals surface area contributed by atoms with Gasteiger partial charge in [0.2, 0.25) is 0 Å². The van der Waals surface area contributed by atoms with Gasteiger partial charge in [-0.25, -0.2) is 0 Å². The molecule has 5 rings (SSSR count). The summed E-state index contributed by atoms with van der Waals surface area (Å²) in [4.78, 5) is 0. The molecule has 4 saturated carbocycles. The molecule has 2 heteroatoms. The molecule has 0 N–H and O–H groups in total. The minimum Gasteiger partial charge on any atom is -0.258 e. The molecule has 112 valence electrons. The molecule has 1 saturated heterocycles. The van der Waals surface area contributed by atoms with Gasteiger partial charge >= 0.3 is 0 Å². The van der Waals surface area contributed by atoms with Crippen molar-refractivity contribution in [3.05, 3.63) is 0 Å². The van der Waals surface area contributed by atoms with Crippen LogP contribution in [0, 0.1) is 23.7 Å². The predicted octanol–water partition coefficient (Wildman–Crippen LogP) is 4.43. The first-order valence-corrected chi connectivity index (χ1v) is 10.4. The molecule has 5 fully saturated rings. The van der Waals surface area contributed by atoms with Crippen molar-refractivity contribution in [2.75, 3.05) is 0 Å². The van der Waals surface area contributed by atoms with Crippen LogP contribution in [0.1, 0.15) is 77.0 Å². The fourth-order valence-corrected chi connectivity index (χ4v) is 11.3. The second kappa shape index (κ2) is 4.12. The van der Waals surface area contributed by atoms with E-state index in [0.717, 1.165) is 23.7 Å². The van der Waals surface area contributed by atoms with Crippen molar-refractivity contribution < 1.29 is 4.21 Å². The van der Waals surface area contributed by atoms with Crippen molar-refractivity contribution in [2.24, 2.45) is 23.7 Å². The Balaban J connectivity index is 1.64.